The molecule has 7 nitrogen and oxygen atoms in total. The van der Waals surface area contributed by atoms with Gasteiger partial charge >= 0.3 is 5.97 Å². The van der Waals surface area contributed by atoms with Crippen LogP contribution in [0.3, 0.4) is 0 Å². The summed E-state index contributed by atoms with van der Waals surface area (Å²) >= 11 is -2.61. The molecule has 0 amide bonds. The van der Waals surface area contributed by atoms with Crippen LogP contribution in [0.1, 0.15) is 23.2 Å². The monoisotopic (exact) mass is 361 g/mol. The summed E-state index contributed by atoms with van der Waals surface area (Å²) in [5.74, 6) is -0.306. The standard InChI is InChI=1S/C17H18N2O5S/c20-17(21)12-10-14(18-25(22)23)16(24-13-6-2-1-3-7-13)15(11-12)19-8-4-5-9-19/h1-3,6-7,10-11,18H,4-5,8-9H2,(H,20,21)(H,22,23)/p-1. The van der Waals surface area contributed by atoms with Gasteiger partial charge in [0.25, 0.3) is 0 Å². The zero-order valence-electron chi connectivity index (χ0n) is 13.3. The molecule has 1 atom stereocenters. The second-order valence-electron chi connectivity index (χ2n) is 5.62. The number of anilines is 2. The first-order chi connectivity index (χ1) is 12.0. The Morgan fingerprint density at radius 1 is 1.20 bits per heavy atom. The van der Waals surface area contributed by atoms with Crippen molar-refractivity contribution in [3.63, 3.8) is 0 Å². The lowest BCUT2D eigenvalue weighted by molar-refractivity contribution is 0.0697. The van der Waals surface area contributed by atoms with E-state index in [9.17, 15) is 18.7 Å². The first kappa shape index (κ1) is 17.2. The maximum atomic E-state index is 11.4. The molecule has 2 aromatic rings. The van der Waals surface area contributed by atoms with E-state index in [-0.39, 0.29) is 11.3 Å². The molecule has 1 heterocycles. The Balaban J connectivity index is 2.12. The van der Waals surface area contributed by atoms with Gasteiger partial charge in [0.1, 0.15) is 5.75 Å². The van der Waals surface area contributed by atoms with Crippen LogP contribution in [0.4, 0.5) is 11.4 Å². The normalized spacial score (nSPS) is 15.0. The Hall–Kier alpha value is -2.58. The molecule has 0 aromatic heterocycles. The van der Waals surface area contributed by atoms with Gasteiger partial charge in [0.05, 0.1) is 16.9 Å². The summed E-state index contributed by atoms with van der Waals surface area (Å²) < 4.78 is 30.5. The van der Waals surface area contributed by atoms with Gasteiger partial charge in [-0.1, -0.05) is 18.2 Å². The van der Waals surface area contributed by atoms with Crippen molar-refractivity contribution in [3.05, 3.63) is 48.0 Å². The number of carbonyl (C=O) groups is 1. The highest BCUT2D eigenvalue weighted by Crippen LogP contribution is 2.41. The van der Waals surface area contributed by atoms with Crippen LogP contribution in [-0.2, 0) is 11.3 Å². The lowest BCUT2D eigenvalue weighted by Gasteiger charge is -2.24. The third kappa shape index (κ3) is 4.09. The summed E-state index contributed by atoms with van der Waals surface area (Å²) in [6, 6.07) is 11.7. The molecule has 2 aromatic carbocycles. The Morgan fingerprint density at radius 3 is 2.48 bits per heavy atom. The Labute approximate surface area is 147 Å². The molecule has 0 saturated carbocycles. The fourth-order valence-corrected chi connectivity index (χ4v) is 3.14. The number of benzene rings is 2. The molecule has 1 fully saturated rings. The third-order valence-electron chi connectivity index (χ3n) is 3.92. The predicted molar refractivity (Wildman–Crippen MR) is 93.9 cm³/mol. The molecule has 0 aliphatic carbocycles. The number of hydrogen-bond donors (Lipinski definition) is 2. The maximum absolute atomic E-state index is 11.4. The van der Waals surface area contributed by atoms with Crippen LogP contribution in [0.5, 0.6) is 11.5 Å². The van der Waals surface area contributed by atoms with Gasteiger partial charge in [0.15, 0.2) is 5.75 Å². The van der Waals surface area contributed by atoms with Gasteiger partial charge < -0.3 is 24.0 Å². The first-order valence-corrected chi connectivity index (χ1v) is 8.87. The van der Waals surface area contributed by atoms with Gasteiger partial charge in [-0.2, -0.15) is 0 Å². The van der Waals surface area contributed by atoms with E-state index in [1.165, 1.54) is 12.1 Å². The van der Waals surface area contributed by atoms with Crippen molar-refractivity contribution in [2.24, 2.45) is 0 Å². The zero-order chi connectivity index (χ0) is 17.8. The maximum Gasteiger partial charge on any atom is 0.335 e. The van der Waals surface area contributed by atoms with Crippen molar-refractivity contribution < 1.29 is 23.4 Å². The summed E-state index contributed by atoms with van der Waals surface area (Å²) in [4.78, 5) is 13.4. The van der Waals surface area contributed by atoms with Gasteiger partial charge in [-0.3, -0.25) is 4.21 Å². The van der Waals surface area contributed by atoms with E-state index in [0.717, 1.165) is 25.9 Å². The molecule has 1 aliphatic rings. The highest BCUT2D eigenvalue weighted by molar-refractivity contribution is 7.80. The Kier molecular flexibility index (Phi) is 5.20. The summed E-state index contributed by atoms with van der Waals surface area (Å²) in [7, 11) is 0. The number of ether oxygens (including phenoxy) is 1. The second kappa shape index (κ2) is 7.54. The van der Waals surface area contributed by atoms with Gasteiger partial charge in [0, 0.05) is 24.4 Å². The highest BCUT2D eigenvalue weighted by Gasteiger charge is 2.23. The van der Waals surface area contributed by atoms with Crippen molar-refractivity contribution in [1.29, 1.82) is 0 Å². The third-order valence-corrected chi connectivity index (χ3v) is 4.31. The average molecular weight is 361 g/mol. The fraction of sp³-hybridized carbons (Fsp3) is 0.235. The molecule has 0 radical (unpaired) electrons. The minimum absolute atomic E-state index is 0.00439. The quantitative estimate of drug-likeness (QED) is 0.767. The molecular formula is C17H17N2O5S-. The molecule has 0 bridgehead atoms. The topological polar surface area (TPSA) is 102 Å². The lowest BCUT2D eigenvalue weighted by Crippen LogP contribution is -2.20. The molecule has 0 spiro atoms. The number of nitrogens with one attached hydrogen (secondary N) is 1. The summed E-state index contributed by atoms with van der Waals surface area (Å²) in [6.07, 6.45) is 1.97. The predicted octanol–water partition coefficient (Wildman–Crippen LogP) is 2.98. The van der Waals surface area contributed by atoms with Crippen molar-refractivity contribution in [2.75, 3.05) is 22.7 Å². The summed E-state index contributed by atoms with van der Waals surface area (Å²) in [6.45, 7) is 1.52. The minimum atomic E-state index is -2.61. The molecule has 1 unspecified atom stereocenters. The van der Waals surface area contributed by atoms with E-state index >= 15 is 0 Å². The summed E-state index contributed by atoms with van der Waals surface area (Å²) in [5, 5.41) is 9.35. The fourth-order valence-electron chi connectivity index (χ4n) is 2.81. The molecule has 1 saturated heterocycles. The Bertz CT molecular complexity index is 791. The molecule has 2 N–H and O–H groups in total. The number of para-hydroxylation sites is 1. The van der Waals surface area contributed by atoms with Crippen LogP contribution in [-0.4, -0.2) is 32.9 Å². The minimum Gasteiger partial charge on any atom is -0.755 e. The van der Waals surface area contributed by atoms with Crippen molar-refractivity contribution in [1.82, 2.24) is 0 Å². The zero-order valence-corrected chi connectivity index (χ0v) is 14.1. The van der Waals surface area contributed by atoms with Crippen LogP contribution in [0.2, 0.25) is 0 Å². The number of hydrogen-bond acceptors (Lipinski definition) is 5. The number of aromatic carboxylic acids is 1. The van der Waals surface area contributed by atoms with E-state index in [0.29, 0.717) is 17.2 Å². The summed E-state index contributed by atoms with van der Waals surface area (Å²) in [5.41, 5.74) is 0.656. The van der Waals surface area contributed by atoms with Crippen molar-refractivity contribution in [3.8, 4) is 11.5 Å². The van der Waals surface area contributed by atoms with E-state index in [2.05, 4.69) is 4.72 Å². The number of carboxylic acid groups (broad SMARTS) is 1. The van der Waals surface area contributed by atoms with E-state index in [1.54, 1.807) is 24.3 Å². The SMILES string of the molecule is O=C(O)c1cc(NS(=O)[O-])c(Oc2ccccc2)c(N2CCCC2)c1. The van der Waals surface area contributed by atoms with Crippen molar-refractivity contribution in [2.45, 2.75) is 12.8 Å². The molecule has 8 heteroatoms. The smallest absolute Gasteiger partial charge is 0.335 e. The average Bonchev–Trinajstić information content (AvgIpc) is 3.11. The van der Waals surface area contributed by atoms with Crippen LogP contribution in [0.15, 0.2) is 42.5 Å². The molecule has 132 valence electrons. The van der Waals surface area contributed by atoms with Crippen LogP contribution < -0.4 is 14.4 Å². The van der Waals surface area contributed by atoms with Gasteiger partial charge in [-0.05, 0) is 37.1 Å². The molecular weight excluding hydrogens is 344 g/mol. The van der Waals surface area contributed by atoms with Crippen LogP contribution in [0, 0.1) is 0 Å². The van der Waals surface area contributed by atoms with E-state index in [4.69, 9.17) is 4.74 Å². The van der Waals surface area contributed by atoms with Gasteiger partial charge in [0.2, 0.25) is 0 Å². The largest absolute Gasteiger partial charge is 0.755 e. The molecule has 1 aliphatic heterocycles. The highest BCUT2D eigenvalue weighted by atomic mass is 32.2. The second-order valence-corrected chi connectivity index (χ2v) is 6.30. The Morgan fingerprint density at radius 2 is 1.88 bits per heavy atom. The van der Waals surface area contributed by atoms with Gasteiger partial charge in [-0.25, -0.2) is 4.79 Å². The lowest BCUT2D eigenvalue weighted by atomic mass is 10.1. The number of carboxylic acids is 1. The van der Waals surface area contributed by atoms with Gasteiger partial charge in [-0.15, -0.1) is 0 Å². The molecule has 25 heavy (non-hydrogen) atoms. The van der Waals surface area contributed by atoms with E-state index < -0.39 is 17.2 Å². The van der Waals surface area contributed by atoms with Crippen LogP contribution in [0.25, 0.3) is 0 Å². The number of rotatable bonds is 6. The number of nitrogens with zero attached hydrogens (tertiary/aromatic N) is 1. The first-order valence-electron chi connectivity index (χ1n) is 7.79. The van der Waals surface area contributed by atoms with Crippen LogP contribution >= 0.6 is 0 Å². The van der Waals surface area contributed by atoms with Crippen molar-refractivity contribution >= 4 is 28.6 Å². The van der Waals surface area contributed by atoms with E-state index in [1.807, 2.05) is 11.0 Å². The molecule has 3 rings (SSSR count).